The summed E-state index contributed by atoms with van der Waals surface area (Å²) in [5, 5.41) is 22.2. The van der Waals surface area contributed by atoms with E-state index in [1.807, 2.05) is 0 Å². The molecule has 0 spiro atoms. The molecule has 0 saturated heterocycles. The van der Waals surface area contributed by atoms with Crippen LogP contribution in [0, 0.1) is 66.7 Å². The van der Waals surface area contributed by atoms with E-state index in [0.29, 0.717) is 5.56 Å². The summed E-state index contributed by atoms with van der Waals surface area (Å²) in [7, 11) is 0. The molecule has 0 bridgehead atoms. The maximum absolute atomic E-state index is 13.2. The highest BCUT2D eigenvalue weighted by molar-refractivity contribution is 6.17. The van der Waals surface area contributed by atoms with Crippen molar-refractivity contribution < 1.29 is 0 Å². The standard InChI is InChI=1S/C76H57N7/c1-43-18-26-62-52(34-43)53-35-44(2)19-27-63(53)80(62)72-60(42-77)73(81-64-28-20-45(3)36-54(64)55-37-46(4)21-29-65(55)81)75(83-68-32-24-49(7)40-58(68)59-41-50(8)25-33-69(59)83)71(76-78-61-16-12-13-17-70(61)79(76)51-14-10-9-11-15-51)74(72)82-66-30-22-47(5)38-56(66)57-39-48(6)23-31-67(57)82/h9-41H,1-8H3. The number of aromatic nitrogens is 6. The summed E-state index contributed by atoms with van der Waals surface area (Å²) in [5.41, 5.74) is 24.7. The second-order valence-corrected chi connectivity index (χ2v) is 23.4. The van der Waals surface area contributed by atoms with Gasteiger partial charge in [0.2, 0.25) is 0 Å². The third kappa shape index (κ3) is 7.00. The maximum Gasteiger partial charge on any atom is 0.150 e. The lowest BCUT2D eigenvalue weighted by atomic mass is 9.97. The van der Waals surface area contributed by atoms with Crippen molar-refractivity contribution >= 4 is 98.3 Å². The fourth-order valence-corrected chi connectivity index (χ4v) is 13.9. The van der Waals surface area contributed by atoms with Crippen LogP contribution >= 0.6 is 0 Å². The van der Waals surface area contributed by atoms with E-state index in [-0.39, 0.29) is 0 Å². The van der Waals surface area contributed by atoms with E-state index < -0.39 is 0 Å². The molecule has 0 saturated carbocycles. The van der Waals surface area contributed by atoms with Crippen LogP contribution in [-0.2, 0) is 0 Å². The van der Waals surface area contributed by atoms with Gasteiger partial charge in [-0.25, -0.2) is 4.98 Å². The molecule has 7 nitrogen and oxygen atoms in total. The summed E-state index contributed by atoms with van der Waals surface area (Å²) < 4.78 is 12.2. The summed E-state index contributed by atoms with van der Waals surface area (Å²) in [5.74, 6) is 0.734. The SMILES string of the molecule is Cc1ccc2c(c1)c1cc(C)ccc1n2-c1c(C#N)c(-n2c3ccc(C)cc3c3cc(C)ccc32)c(-n2c3ccc(C)cc3c3cc(C)ccc32)c(-c2nc3ccccc3n2-c2ccccc2)c1-n1c2ccc(C)cc2c2cc(C)ccc21. The van der Waals surface area contributed by atoms with Crippen molar-refractivity contribution in [3.05, 3.63) is 250 Å². The lowest BCUT2D eigenvalue weighted by molar-refractivity contribution is 1.02. The van der Waals surface area contributed by atoms with Crippen LogP contribution in [0.1, 0.15) is 50.1 Å². The molecule has 0 atom stereocenters. The fourth-order valence-electron chi connectivity index (χ4n) is 13.9. The number of nitriles is 1. The third-order valence-corrected chi connectivity index (χ3v) is 17.5. The second kappa shape index (κ2) is 17.8. The second-order valence-electron chi connectivity index (χ2n) is 23.4. The minimum atomic E-state index is 0.518. The molecule has 16 rings (SSSR count). The number of hydrogen-bond acceptors (Lipinski definition) is 2. The Hall–Kier alpha value is -10.4. The quantitative estimate of drug-likeness (QED) is 0.167. The highest BCUT2D eigenvalue weighted by Gasteiger charge is 2.37. The lowest BCUT2D eigenvalue weighted by Crippen LogP contribution is -2.17. The van der Waals surface area contributed by atoms with Crippen molar-refractivity contribution in [1.82, 2.24) is 27.8 Å². The Bertz CT molecular complexity index is 5030. The van der Waals surface area contributed by atoms with Crippen LogP contribution in [0.2, 0.25) is 0 Å². The Balaban J connectivity index is 1.30. The fraction of sp³-hybridized carbons (Fsp3) is 0.105. The molecule has 0 fully saturated rings. The van der Waals surface area contributed by atoms with Gasteiger partial charge in [0.25, 0.3) is 0 Å². The molecule has 16 aromatic rings. The Morgan fingerprint density at radius 3 is 0.867 bits per heavy atom. The van der Waals surface area contributed by atoms with Gasteiger partial charge in [-0.05, 0) is 177 Å². The van der Waals surface area contributed by atoms with Crippen LogP contribution < -0.4 is 0 Å². The predicted octanol–water partition coefficient (Wildman–Crippen LogP) is 19.4. The summed E-state index contributed by atoms with van der Waals surface area (Å²) >= 11 is 0. The van der Waals surface area contributed by atoms with Crippen molar-refractivity contribution in [1.29, 1.82) is 5.26 Å². The average molecular weight is 1070 g/mol. The monoisotopic (exact) mass is 1070 g/mol. The van der Waals surface area contributed by atoms with Crippen LogP contribution in [0.4, 0.5) is 0 Å². The van der Waals surface area contributed by atoms with Crippen molar-refractivity contribution in [2.75, 3.05) is 0 Å². The van der Waals surface area contributed by atoms with Gasteiger partial charge in [-0.1, -0.05) is 123 Å². The van der Waals surface area contributed by atoms with E-state index >= 15 is 0 Å². The highest BCUT2D eigenvalue weighted by Crippen LogP contribution is 2.53. The van der Waals surface area contributed by atoms with E-state index in [9.17, 15) is 5.26 Å². The minimum Gasteiger partial charge on any atom is -0.306 e. The van der Waals surface area contributed by atoms with Crippen molar-refractivity contribution in [2.45, 2.75) is 55.4 Å². The minimum absolute atomic E-state index is 0.518. The maximum atomic E-state index is 13.2. The molecule has 7 heteroatoms. The molecule has 0 aliphatic heterocycles. The summed E-state index contributed by atoms with van der Waals surface area (Å²) in [6.07, 6.45) is 0. The largest absolute Gasteiger partial charge is 0.306 e. The topological polar surface area (TPSA) is 61.3 Å². The number of nitrogens with zero attached hydrogens (tertiary/aromatic N) is 7. The van der Waals surface area contributed by atoms with Crippen LogP contribution in [-0.4, -0.2) is 27.8 Å². The number of fused-ring (bicyclic) bond motifs is 13. The van der Waals surface area contributed by atoms with Gasteiger partial charge >= 0.3 is 0 Å². The number of rotatable bonds is 6. The predicted molar refractivity (Wildman–Crippen MR) is 346 cm³/mol. The molecule has 0 radical (unpaired) electrons. The number of aryl methyl sites for hydroxylation is 8. The van der Waals surface area contributed by atoms with E-state index in [2.05, 4.69) is 284 Å². The zero-order valence-corrected chi connectivity index (χ0v) is 47.7. The number of hydrogen-bond donors (Lipinski definition) is 0. The zero-order valence-electron chi connectivity index (χ0n) is 47.7. The van der Waals surface area contributed by atoms with Gasteiger partial charge in [0.1, 0.15) is 17.5 Å². The van der Waals surface area contributed by atoms with Gasteiger partial charge in [-0.2, -0.15) is 5.26 Å². The smallest absolute Gasteiger partial charge is 0.150 e. The van der Waals surface area contributed by atoms with Crippen LogP contribution in [0.5, 0.6) is 0 Å². The molecule has 5 aromatic heterocycles. The molecule has 0 aliphatic carbocycles. The van der Waals surface area contributed by atoms with Gasteiger partial charge in [-0.3, -0.25) is 4.57 Å². The molecular weight excluding hydrogens is 1010 g/mol. The summed E-state index contributed by atoms with van der Waals surface area (Å²) in [6.45, 7) is 17.4. The molecule has 0 amide bonds. The third-order valence-electron chi connectivity index (χ3n) is 17.5. The first-order valence-corrected chi connectivity index (χ1v) is 28.7. The van der Waals surface area contributed by atoms with E-state index in [1.165, 1.54) is 22.3 Å². The van der Waals surface area contributed by atoms with Gasteiger partial charge in [0.05, 0.1) is 83.5 Å². The van der Waals surface area contributed by atoms with Gasteiger partial charge < -0.3 is 18.3 Å². The average Bonchev–Trinajstić information content (AvgIpc) is 1.78. The number of imidazole rings is 1. The highest BCUT2D eigenvalue weighted by atomic mass is 15.2. The van der Waals surface area contributed by atoms with Crippen LogP contribution in [0.3, 0.4) is 0 Å². The Labute approximate surface area is 480 Å². The van der Waals surface area contributed by atoms with Gasteiger partial charge in [0.15, 0.2) is 0 Å². The Morgan fingerprint density at radius 2 is 0.566 bits per heavy atom. The van der Waals surface area contributed by atoms with Crippen molar-refractivity contribution in [3.8, 4) is 45.9 Å². The lowest BCUT2D eigenvalue weighted by Gasteiger charge is -2.29. The first kappa shape index (κ1) is 48.5. The van der Waals surface area contributed by atoms with Crippen molar-refractivity contribution in [2.24, 2.45) is 0 Å². The Morgan fingerprint density at radius 1 is 0.289 bits per heavy atom. The molecule has 0 N–H and O–H groups in total. The van der Waals surface area contributed by atoms with E-state index in [1.54, 1.807) is 0 Å². The molecule has 11 aromatic carbocycles. The summed E-state index contributed by atoms with van der Waals surface area (Å²) in [6, 6.07) is 76.9. The first-order chi connectivity index (χ1) is 40.4. The number of para-hydroxylation sites is 3. The molecule has 83 heavy (non-hydrogen) atoms. The van der Waals surface area contributed by atoms with Crippen LogP contribution in [0.15, 0.2) is 200 Å². The molecule has 5 heterocycles. The van der Waals surface area contributed by atoms with Crippen LogP contribution in [0.25, 0.3) is 138 Å². The molecular formula is C76H57N7. The summed E-state index contributed by atoms with van der Waals surface area (Å²) in [4.78, 5) is 6.01. The van der Waals surface area contributed by atoms with E-state index in [0.717, 1.165) is 160 Å². The van der Waals surface area contributed by atoms with E-state index in [4.69, 9.17) is 4.98 Å². The number of benzene rings is 11. The first-order valence-electron chi connectivity index (χ1n) is 28.7. The molecule has 0 aliphatic rings. The van der Waals surface area contributed by atoms with Gasteiger partial charge in [0, 0.05) is 48.8 Å². The van der Waals surface area contributed by atoms with Gasteiger partial charge in [-0.15, -0.1) is 0 Å². The molecule has 0 unspecified atom stereocenters. The zero-order chi connectivity index (χ0) is 56.3. The Kier molecular flexibility index (Phi) is 10.4. The molecule has 396 valence electrons. The van der Waals surface area contributed by atoms with Crippen molar-refractivity contribution in [3.63, 3.8) is 0 Å². The normalized spacial score (nSPS) is 12.1.